The highest BCUT2D eigenvalue weighted by Gasteiger charge is 2.43. The molecular weight excluding hydrogens is 388 g/mol. The van der Waals surface area contributed by atoms with Crippen LogP contribution in [0.4, 0.5) is 5.69 Å². The molecule has 0 saturated heterocycles. The molecule has 154 valence electrons. The van der Waals surface area contributed by atoms with Gasteiger partial charge in [0.05, 0.1) is 23.1 Å². The van der Waals surface area contributed by atoms with Crippen molar-refractivity contribution in [1.29, 1.82) is 0 Å². The van der Waals surface area contributed by atoms with Crippen LogP contribution < -0.4 is 0 Å². The van der Waals surface area contributed by atoms with Gasteiger partial charge in [-0.2, -0.15) is 0 Å². The summed E-state index contributed by atoms with van der Waals surface area (Å²) < 4.78 is 5.03. The molecule has 2 aromatic carbocycles. The molecule has 0 fully saturated rings. The van der Waals surface area contributed by atoms with Gasteiger partial charge in [-0.05, 0) is 17.2 Å². The summed E-state index contributed by atoms with van der Waals surface area (Å²) in [5.41, 5.74) is 0.834. The Labute approximate surface area is 172 Å². The maximum atomic E-state index is 12.9. The van der Waals surface area contributed by atoms with E-state index in [1.54, 1.807) is 24.3 Å². The summed E-state index contributed by atoms with van der Waals surface area (Å²) in [5, 5.41) is 21.7. The first kappa shape index (κ1) is 20.9. The Bertz CT molecular complexity index is 1030. The number of allylic oxidation sites excluding steroid dienone is 1. The van der Waals surface area contributed by atoms with Gasteiger partial charge in [0.15, 0.2) is 11.5 Å². The second-order valence-corrected chi connectivity index (χ2v) is 6.62. The summed E-state index contributed by atoms with van der Waals surface area (Å²) in [5.74, 6) is -1.94. The summed E-state index contributed by atoms with van der Waals surface area (Å²) in [6, 6.07) is 13.8. The summed E-state index contributed by atoms with van der Waals surface area (Å²) in [6.45, 7) is 0.275. The van der Waals surface area contributed by atoms with E-state index in [-0.39, 0.29) is 24.4 Å². The van der Waals surface area contributed by atoms with Gasteiger partial charge in [0, 0.05) is 25.8 Å². The first-order valence-corrected chi connectivity index (χ1v) is 9.19. The molecule has 8 nitrogen and oxygen atoms in total. The van der Waals surface area contributed by atoms with Gasteiger partial charge in [-0.3, -0.25) is 19.7 Å². The number of nitro groups is 1. The van der Waals surface area contributed by atoms with Gasteiger partial charge < -0.3 is 14.7 Å². The van der Waals surface area contributed by atoms with Gasteiger partial charge in [-0.1, -0.05) is 48.5 Å². The molecule has 0 bridgehead atoms. The Morgan fingerprint density at radius 1 is 1.23 bits per heavy atom. The highest BCUT2D eigenvalue weighted by atomic mass is 16.6. The number of methoxy groups -OCH3 is 1. The van der Waals surface area contributed by atoms with E-state index in [9.17, 15) is 24.8 Å². The minimum Gasteiger partial charge on any atom is -0.503 e. The van der Waals surface area contributed by atoms with Crippen molar-refractivity contribution in [2.75, 3.05) is 20.3 Å². The van der Waals surface area contributed by atoms with Gasteiger partial charge in [0.25, 0.3) is 11.6 Å². The van der Waals surface area contributed by atoms with Crippen molar-refractivity contribution >= 4 is 23.5 Å². The number of hydrogen-bond acceptors (Lipinski definition) is 6. The van der Waals surface area contributed by atoms with E-state index in [4.69, 9.17) is 4.74 Å². The number of aliphatic hydroxyl groups is 1. The number of ketones is 1. The second-order valence-electron chi connectivity index (χ2n) is 6.62. The fourth-order valence-electron chi connectivity index (χ4n) is 3.31. The number of rotatable bonds is 8. The Kier molecular flexibility index (Phi) is 6.38. The fourth-order valence-corrected chi connectivity index (χ4v) is 3.31. The smallest absolute Gasteiger partial charge is 0.290 e. The topological polar surface area (TPSA) is 110 Å². The number of carbonyl (C=O) groups excluding carboxylic acids is 2. The van der Waals surface area contributed by atoms with Crippen LogP contribution in [0.3, 0.4) is 0 Å². The summed E-state index contributed by atoms with van der Waals surface area (Å²) >= 11 is 0. The number of non-ortho nitro benzene ring substituents is 1. The fraction of sp³-hybridized carbons (Fsp3) is 0.182. The van der Waals surface area contributed by atoms with Gasteiger partial charge in [-0.15, -0.1) is 0 Å². The molecule has 1 unspecified atom stereocenters. The van der Waals surface area contributed by atoms with E-state index in [1.165, 1.54) is 36.3 Å². The van der Waals surface area contributed by atoms with Crippen LogP contribution in [-0.4, -0.2) is 46.9 Å². The largest absolute Gasteiger partial charge is 0.503 e. The molecule has 2 aromatic rings. The van der Waals surface area contributed by atoms with E-state index in [0.717, 1.165) is 5.56 Å². The molecule has 1 atom stereocenters. The molecule has 0 radical (unpaired) electrons. The van der Waals surface area contributed by atoms with Gasteiger partial charge in [-0.25, -0.2) is 0 Å². The quantitative estimate of drug-likeness (QED) is 0.408. The summed E-state index contributed by atoms with van der Waals surface area (Å²) in [4.78, 5) is 37.5. The maximum Gasteiger partial charge on any atom is 0.290 e. The minimum absolute atomic E-state index is 0.103. The average molecular weight is 408 g/mol. The van der Waals surface area contributed by atoms with E-state index < -0.39 is 28.4 Å². The molecule has 3 rings (SSSR count). The van der Waals surface area contributed by atoms with Crippen LogP contribution in [0.5, 0.6) is 0 Å². The van der Waals surface area contributed by atoms with Crippen molar-refractivity contribution in [1.82, 2.24) is 4.90 Å². The normalized spacial score (nSPS) is 16.5. The molecule has 1 aliphatic heterocycles. The van der Waals surface area contributed by atoms with Crippen LogP contribution in [0.25, 0.3) is 6.08 Å². The molecule has 0 spiro atoms. The van der Waals surface area contributed by atoms with Gasteiger partial charge in [0.1, 0.15) is 0 Å². The van der Waals surface area contributed by atoms with E-state index in [2.05, 4.69) is 0 Å². The number of nitro benzene ring substituents is 1. The standard InChI is InChI=1S/C22H20N2O6/c1-30-13-12-23-20(16-8-5-9-17(14-16)24(28)29)19(21(26)22(23)27)18(25)11-10-15-6-3-2-4-7-15/h2-11,14,20,26H,12-13H2,1H3/b11-10+. The number of carbonyl (C=O) groups is 2. The summed E-state index contributed by atoms with van der Waals surface area (Å²) in [7, 11) is 1.46. The average Bonchev–Trinajstić information content (AvgIpc) is 3.01. The van der Waals surface area contributed by atoms with Crippen molar-refractivity contribution < 1.29 is 24.4 Å². The predicted octanol–water partition coefficient (Wildman–Crippen LogP) is 3.22. The minimum atomic E-state index is -0.958. The third-order valence-corrected chi connectivity index (χ3v) is 4.73. The number of ether oxygens (including phenoxy) is 1. The molecule has 1 amide bonds. The molecule has 0 aromatic heterocycles. The number of amides is 1. The van der Waals surface area contributed by atoms with Crippen LogP contribution in [0.2, 0.25) is 0 Å². The molecule has 1 heterocycles. The molecule has 30 heavy (non-hydrogen) atoms. The molecule has 1 N–H and O–H groups in total. The van der Waals surface area contributed by atoms with Gasteiger partial charge in [0.2, 0.25) is 0 Å². The molecular formula is C22H20N2O6. The predicted molar refractivity (Wildman–Crippen MR) is 110 cm³/mol. The Morgan fingerprint density at radius 3 is 2.63 bits per heavy atom. The lowest BCUT2D eigenvalue weighted by Crippen LogP contribution is -2.33. The number of benzene rings is 2. The van der Waals surface area contributed by atoms with Crippen LogP contribution >= 0.6 is 0 Å². The van der Waals surface area contributed by atoms with E-state index in [1.807, 2.05) is 18.2 Å². The van der Waals surface area contributed by atoms with Gasteiger partial charge >= 0.3 is 0 Å². The zero-order valence-electron chi connectivity index (χ0n) is 16.2. The zero-order valence-corrected chi connectivity index (χ0v) is 16.2. The van der Waals surface area contributed by atoms with E-state index >= 15 is 0 Å². The van der Waals surface area contributed by atoms with E-state index in [0.29, 0.717) is 5.56 Å². The summed E-state index contributed by atoms with van der Waals surface area (Å²) in [6.07, 6.45) is 2.85. The van der Waals surface area contributed by atoms with Crippen LogP contribution in [-0.2, 0) is 14.3 Å². The molecule has 1 aliphatic rings. The Morgan fingerprint density at radius 2 is 1.97 bits per heavy atom. The van der Waals surface area contributed by atoms with Crippen molar-refractivity contribution in [3.05, 3.63) is 93.2 Å². The first-order valence-electron chi connectivity index (χ1n) is 9.19. The van der Waals surface area contributed by atoms with Crippen molar-refractivity contribution in [3.63, 3.8) is 0 Å². The molecule has 8 heteroatoms. The maximum absolute atomic E-state index is 12.9. The lowest BCUT2D eigenvalue weighted by Gasteiger charge is -2.26. The van der Waals surface area contributed by atoms with Crippen molar-refractivity contribution in [2.24, 2.45) is 0 Å². The molecule has 0 aliphatic carbocycles. The van der Waals surface area contributed by atoms with Crippen molar-refractivity contribution in [2.45, 2.75) is 6.04 Å². The van der Waals surface area contributed by atoms with Crippen LogP contribution in [0, 0.1) is 10.1 Å². The number of hydrogen-bond donors (Lipinski definition) is 1. The number of aliphatic hydroxyl groups excluding tert-OH is 1. The Balaban J connectivity index is 2.02. The Hall–Kier alpha value is -3.78. The SMILES string of the molecule is COCCN1C(=O)C(O)=C(C(=O)/C=C/c2ccccc2)C1c1cccc([N+](=O)[O-])c1. The van der Waals surface area contributed by atoms with Crippen molar-refractivity contribution in [3.8, 4) is 0 Å². The zero-order chi connectivity index (χ0) is 21.7. The monoisotopic (exact) mass is 408 g/mol. The highest BCUT2D eigenvalue weighted by Crippen LogP contribution is 2.38. The highest BCUT2D eigenvalue weighted by molar-refractivity contribution is 6.14. The lowest BCUT2D eigenvalue weighted by atomic mass is 9.95. The number of nitrogens with zero attached hydrogens (tertiary/aromatic N) is 2. The second kappa shape index (κ2) is 9.15. The molecule has 0 saturated carbocycles. The third-order valence-electron chi connectivity index (χ3n) is 4.73. The first-order chi connectivity index (χ1) is 14.4. The van der Waals surface area contributed by atoms with Crippen LogP contribution in [0.1, 0.15) is 17.2 Å². The third kappa shape index (κ3) is 4.28. The van der Waals surface area contributed by atoms with Crippen LogP contribution in [0.15, 0.2) is 72.0 Å². The lowest BCUT2D eigenvalue weighted by molar-refractivity contribution is -0.384.